The van der Waals surface area contributed by atoms with Gasteiger partial charge in [-0.05, 0) is 36.8 Å². The summed E-state index contributed by atoms with van der Waals surface area (Å²) < 4.78 is 15.3. The number of hydrogen-bond donors (Lipinski definition) is 4. The number of halogens is 1. The van der Waals surface area contributed by atoms with Gasteiger partial charge in [0.15, 0.2) is 0 Å². The Hall–Kier alpha value is 4.97. The number of amides is 6. The van der Waals surface area contributed by atoms with Crippen molar-refractivity contribution < 1.29 is 269 Å². The molecule has 3 rings (SSSR count). The molecule has 5 N–H and O–H groups in total. The van der Waals surface area contributed by atoms with Crippen LogP contribution in [0.3, 0.4) is 0 Å². The van der Waals surface area contributed by atoms with E-state index < -0.39 is 23.6 Å². The van der Waals surface area contributed by atoms with E-state index in [1.807, 2.05) is 19.3 Å². The summed E-state index contributed by atoms with van der Waals surface area (Å²) in [5, 5.41) is 7.85. The third-order valence-electron chi connectivity index (χ3n) is 7.75. The number of carbonyl (C=O) groups excluding carboxylic acids is 6. The van der Waals surface area contributed by atoms with Crippen molar-refractivity contribution in [3.05, 3.63) is 33.1 Å². The molecule has 33 heteroatoms. The smallest absolute Gasteiger partial charge is 0 e. The van der Waals surface area contributed by atoms with Crippen LogP contribution in [0.1, 0.15) is 26.2 Å². The molecule has 0 aromatic heterocycles. The molecule has 0 aromatic rings. The summed E-state index contributed by atoms with van der Waals surface area (Å²) in [5.74, 6) is -2.69. The summed E-state index contributed by atoms with van der Waals surface area (Å²) >= 11 is 2.78. The molecular weight excluding hydrogens is 1900 g/mol. The fourth-order valence-electron chi connectivity index (χ4n) is 4.90. The van der Waals surface area contributed by atoms with Crippen molar-refractivity contribution in [2.45, 2.75) is 75.1 Å². The van der Waals surface area contributed by atoms with Gasteiger partial charge >= 0.3 is 70.2 Å². The van der Waals surface area contributed by atoms with Crippen molar-refractivity contribution in [1.29, 1.82) is 0 Å². The second-order valence-electron chi connectivity index (χ2n) is 12.3. The first-order chi connectivity index (χ1) is 27.6. The molecule has 0 bridgehead atoms. The van der Waals surface area contributed by atoms with E-state index in [2.05, 4.69) is 43.5 Å². The number of hydrogen-bond acceptors (Lipinski definition) is 10. The van der Waals surface area contributed by atoms with E-state index in [0.717, 1.165) is 12.8 Å². The number of ether oxygens (including phenoxy) is 3. The van der Waals surface area contributed by atoms with Crippen LogP contribution < -0.4 is 45.2 Å². The van der Waals surface area contributed by atoms with Gasteiger partial charge in [0.25, 0.3) is 0 Å². The van der Waals surface area contributed by atoms with E-state index in [1.165, 1.54) is 59.2 Å². The van der Waals surface area contributed by atoms with Crippen LogP contribution in [-0.4, -0.2) is 191 Å². The van der Waals surface area contributed by atoms with E-state index in [4.69, 9.17) is 59.2 Å². The van der Waals surface area contributed by atoms with Crippen molar-refractivity contribution in [1.82, 2.24) is 30.7 Å². The minimum atomic E-state index is -0.519. The molecular formula is C33H53B5FLiN7O9P2U2V2W2Y2-5. The van der Waals surface area contributed by atoms with Crippen molar-refractivity contribution in [2.75, 3.05) is 65.4 Å². The van der Waals surface area contributed by atoms with Crippen molar-refractivity contribution >= 4 is 88.4 Å². The summed E-state index contributed by atoms with van der Waals surface area (Å²) in [4.78, 5) is 76.4. The van der Waals surface area contributed by atoms with Gasteiger partial charge in [0.05, 0.1) is 35.3 Å². The Kier molecular flexibility index (Phi) is 86.1. The maximum atomic E-state index is 12.4. The average Bonchev–Trinajstić information content (AvgIpc) is 3.93. The van der Waals surface area contributed by atoms with Crippen LogP contribution in [0.15, 0.2) is 0 Å². The van der Waals surface area contributed by atoms with Crippen LogP contribution in [-0.2, 0) is 183 Å². The normalized spacial score (nSPS) is 18.7. The molecule has 6 amide bonds. The number of nitrogens with two attached hydrogens (primary N) is 1. The summed E-state index contributed by atoms with van der Waals surface area (Å²) in [6.07, 6.45) is 7.21. The zero-order chi connectivity index (χ0) is 44.6. The molecule has 0 saturated carbocycles. The Labute approximate surface area is 558 Å². The van der Waals surface area contributed by atoms with Gasteiger partial charge in [-0.15, -0.1) is 0 Å². The molecule has 16 nitrogen and oxygen atoms in total. The first-order valence-corrected chi connectivity index (χ1v) is 27.7. The minimum Gasteiger partial charge on any atom is 0 e. The van der Waals surface area contributed by atoms with Crippen LogP contribution >= 0.6 is 13.7 Å². The van der Waals surface area contributed by atoms with E-state index in [1.54, 1.807) is 0 Å². The Balaban J connectivity index is -0.000000126. The van der Waals surface area contributed by atoms with Gasteiger partial charge in [0, 0.05) is 217 Å². The number of carbonyl (C=O) groups is 6. The van der Waals surface area contributed by atoms with Gasteiger partial charge < -0.3 is 82.0 Å². The molecule has 348 valence electrons. The molecule has 3 saturated heterocycles. The fraction of sp³-hybridized carbons (Fsp3) is 0.667. The fourth-order valence-corrected chi connectivity index (χ4v) is 4.90. The Morgan fingerprint density at radius 2 is 1.00 bits per heavy atom. The van der Waals surface area contributed by atoms with Crippen LogP contribution in [0.4, 0.5) is 0 Å². The van der Waals surface area contributed by atoms with Gasteiger partial charge in [-0.2, -0.15) is 31.5 Å². The Morgan fingerprint density at radius 1 is 0.667 bits per heavy atom. The molecule has 3 fully saturated rings. The minimum absolute atomic E-state index is 0. The molecule has 3 aliphatic rings. The van der Waals surface area contributed by atoms with Gasteiger partial charge in [0.1, 0.15) is 23.5 Å². The molecule has 0 spiro atoms. The molecule has 0 aromatic carbocycles. The van der Waals surface area contributed by atoms with Crippen LogP contribution in [0.5, 0.6) is 0 Å². The summed E-state index contributed by atoms with van der Waals surface area (Å²) in [5.41, 5.74) is 5.45. The maximum absolute atomic E-state index is 12.4. The van der Waals surface area contributed by atoms with Gasteiger partial charge in [-0.1, -0.05) is 0 Å². The molecule has 3 aliphatic heterocycles. The van der Waals surface area contributed by atoms with E-state index in [-0.39, 0.29) is 315 Å². The molecule has 3 heterocycles. The topological polar surface area (TPSA) is 202 Å². The van der Waals surface area contributed by atoms with Crippen molar-refractivity contribution in [3.8, 4) is 0 Å². The zero-order valence-corrected chi connectivity index (χ0v) is 62.1. The van der Waals surface area contributed by atoms with Crippen molar-refractivity contribution in [3.63, 3.8) is 0 Å². The average molecular weight is 1960 g/mol. The molecule has 6 unspecified atom stereocenters. The quantitative estimate of drug-likeness (QED) is 0.0581. The molecule has 14 radical (unpaired) electrons. The van der Waals surface area contributed by atoms with Crippen LogP contribution in [0, 0.1) is 95.3 Å². The van der Waals surface area contributed by atoms with Crippen molar-refractivity contribution in [2.24, 2.45) is 5.73 Å². The third kappa shape index (κ3) is 49.8. The second kappa shape index (κ2) is 60.8. The van der Waals surface area contributed by atoms with Gasteiger partial charge in [-0.25, -0.2) is 0 Å². The Bertz CT molecular complexity index is 1260. The predicted molar refractivity (Wildman–Crippen MR) is 222 cm³/mol. The van der Waals surface area contributed by atoms with E-state index in [9.17, 15) is 28.8 Å². The molecule has 66 heavy (non-hydrogen) atoms. The number of rotatable bonds is 18. The van der Waals surface area contributed by atoms with Gasteiger partial charge in [-0.3, -0.25) is 35.2 Å². The Morgan fingerprint density at radius 3 is 1.29 bits per heavy atom. The standard InChI is InChI=1S/C23H37B3N7O7.2C5H7BO.FH.Li.2HP.2U.2V.2W.2Y/c1-16(34)31(13-21(37)30-12-17-2-3-18(26)40-17)8-5-28-20(36)15-33(23(39)11-25)9-6-29-19(35)14-32(7-4-27)22(38)10-24;2*1-4-2-3-5(6)7-4;;;;;;;;;;;;/h2,17-18H,3-15,27H2,1H3,(H,28,36)(H,29,35)(H,30,37);2*2,4-5H,1,3H2;1H;;2*1H;;;;;;;;/q-1;2*-2;;+1;;;;;;;;;;/p-1. The second-order valence-corrected chi connectivity index (χ2v) is 12.3. The third-order valence-corrected chi connectivity index (χ3v) is 7.75. The summed E-state index contributed by atoms with van der Waals surface area (Å²) in [6.45, 7) is 14.5. The van der Waals surface area contributed by atoms with E-state index >= 15 is 0 Å². The first kappa shape index (κ1) is 93.5. The summed E-state index contributed by atoms with van der Waals surface area (Å²) in [6, 6.07) is -0.579. The van der Waals surface area contributed by atoms with Crippen LogP contribution in [0.25, 0.3) is 0 Å². The predicted octanol–water partition coefficient (Wildman–Crippen LogP) is -8.74. The SMILES string of the molecule is [B]C1C[CH-]C([CH2-])O1.[B]C1C[CH-]C([CH2-])O1.[B]CC(=O)N(CCN)CC(=O)NCCN(CC(=O)NCCN(CC(=O)NCC1[CH-]CC([B])O1)C(C)=O)C(=O)C[B].[F-].[Li+].[PH]=[W].[PH]=[W].[U].[U].[V].[V].[Y].[Y]. The maximum Gasteiger partial charge on any atom is 0 e. The zero-order valence-electron chi connectivity index (χ0n) is 37.4. The first-order valence-electron chi connectivity index (χ1n) is 18.1. The largest absolute Gasteiger partial charge is 0 e. The van der Waals surface area contributed by atoms with E-state index in [0.29, 0.717) is 6.42 Å². The monoisotopic (exact) mass is 1960 g/mol. The molecule has 0 aliphatic carbocycles. The summed E-state index contributed by atoms with van der Waals surface area (Å²) in [7, 11) is 27.1. The van der Waals surface area contributed by atoms with Crippen LogP contribution in [0.2, 0.25) is 12.6 Å². The number of nitrogens with one attached hydrogen (secondary N) is 3. The number of nitrogens with zero attached hydrogens (tertiary/aromatic N) is 3. The molecule has 6 atom stereocenters. The van der Waals surface area contributed by atoms with Gasteiger partial charge in [0.2, 0.25) is 35.4 Å².